The molecule has 0 aliphatic carbocycles. The van der Waals surface area contributed by atoms with Gasteiger partial charge in [-0.1, -0.05) is 62.9 Å². The van der Waals surface area contributed by atoms with Crippen LogP contribution in [0.5, 0.6) is 0 Å². The van der Waals surface area contributed by atoms with E-state index in [1.54, 1.807) is 18.2 Å². The second kappa shape index (κ2) is 11.9. The lowest BCUT2D eigenvalue weighted by Gasteiger charge is -2.27. The molecular formula is C28H34N4O4. The Morgan fingerprint density at radius 2 is 1.61 bits per heavy atom. The molecule has 1 fully saturated rings. The summed E-state index contributed by atoms with van der Waals surface area (Å²) in [6.07, 6.45) is 6.58. The van der Waals surface area contributed by atoms with Crippen molar-refractivity contribution in [3.8, 4) is 0 Å². The van der Waals surface area contributed by atoms with Gasteiger partial charge in [0.25, 0.3) is 11.8 Å². The van der Waals surface area contributed by atoms with Gasteiger partial charge in [-0.2, -0.15) is 0 Å². The highest BCUT2D eigenvalue weighted by Crippen LogP contribution is 2.32. The van der Waals surface area contributed by atoms with Gasteiger partial charge in [-0.3, -0.25) is 29.4 Å². The molecule has 2 aromatic rings. The molecule has 190 valence electrons. The van der Waals surface area contributed by atoms with E-state index in [0.29, 0.717) is 12.2 Å². The summed E-state index contributed by atoms with van der Waals surface area (Å²) in [7, 11) is 0. The number of piperidine rings is 1. The van der Waals surface area contributed by atoms with Crippen molar-refractivity contribution in [1.29, 1.82) is 0 Å². The second-order valence-corrected chi connectivity index (χ2v) is 9.44. The number of rotatable bonds is 12. The predicted molar refractivity (Wildman–Crippen MR) is 137 cm³/mol. The predicted octanol–water partition coefficient (Wildman–Crippen LogP) is 3.76. The lowest BCUT2D eigenvalue weighted by molar-refractivity contribution is -0.136. The summed E-state index contributed by atoms with van der Waals surface area (Å²) in [5, 5.41) is 9.00. The van der Waals surface area contributed by atoms with E-state index in [4.69, 9.17) is 0 Å². The number of benzene rings is 2. The number of carbonyl (C=O) groups excluding carboxylic acids is 4. The van der Waals surface area contributed by atoms with E-state index in [9.17, 15) is 19.2 Å². The SMILES string of the molecule is CCCCCCCNCc1ccc(CNc2cccc3c2C(=O)N(C2CCC(=O)NC2=O)C3=O)cc1. The van der Waals surface area contributed by atoms with Gasteiger partial charge >= 0.3 is 0 Å². The Labute approximate surface area is 211 Å². The molecule has 2 aliphatic rings. The Kier molecular flexibility index (Phi) is 8.48. The molecule has 0 spiro atoms. The Bertz CT molecular complexity index is 1130. The van der Waals surface area contributed by atoms with E-state index in [1.807, 2.05) is 0 Å². The van der Waals surface area contributed by atoms with Gasteiger partial charge in [0.2, 0.25) is 11.8 Å². The number of anilines is 1. The fraction of sp³-hybridized carbons (Fsp3) is 0.429. The fourth-order valence-electron chi connectivity index (χ4n) is 4.72. The third-order valence-electron chi connectivity index (χ3n) is 6.76. The van der Waals surface area contributed by atoms with Crippen LogP contribution in [-0.2, 0) is 22.7 Å². The highest BCUT2D eigenvalue weighted by Gasteiger charge is 2.45. The molecule has 2 aromatic carbocycles. The molecule has 1 saturated heterocycles. The van der Waals surface area contributed by atoms with Crippen LogP contribution in [0, 0.1) is 0 Å². The standard InChI is InChI=1S/C28H34N4O4/c1-2-3-4-5-6-16-29-17-19-10-12-20(13-11-19)18-30-22-9-7-8-21-25(22)28(36)32(27(21)35)23-14-15-24(33)31-26(23)34/h7-13,23,29-30H,2-6,14-18H2,1H3,(H,31,33,34). The summed E-state index contributed by atoms with van der Waals surface area (Å²) in [6.45, 7) is 4.57. The minimum Gasteiger partial charge on any atom is -0.380 e. The molecule has 0 aromatic heterocycles. The van der Waals surface area contributed by atoms with Gasteiger partial charge in [-0.25, -0.2) is 0 Å². The van der Waals surface area contributed by atoms with E-state index in [0.717, 1.165) is 23.6 Å². The Hall–Kier alpha value is -3.52. The van der Waals surface area contributed by atoms with Gasteiger partial charge in [0, 0.05) is 25.2 Å². The zero-order valence-electron chi connectivity index (χ0n) is 20.8. The number of nitrogens with zero attached hydrogens (tertiary/aromatic N) is 1. The van der Waals surface area contributed by atoms with Gasteiger partial charge in [0.05, 0.1) is 11.1 Å². The van der Waals surface area contributed by atoms with Crippen molar-refractivity contribution in [2.45, 2.75) is 71.0 Å². The molecule has 0 radical (unpaired) electrons. The minimum absolute atomic E-state index is 0.0966. The summed E-state index contributed by atoms with van der Waals surface area (Å²) in [6, 6.07) is 12.4. The number of unbranched alkanes of at least 4 members (excludes halogenated alkanes) is 4. The van der Waals surface area contributed by atoms with E-state index in [1.165, 1.54) is 37.7 Å². The number of hydrogen-bond donors (Lipinski definition) is 3. The molecule has 8 nitrogen and oxygen atoms in total. The zero-order valence-corrected chi connectivity index (χ0v) is 20.8. The third-order valence-corrected chi connectivity index (χ3v) is 6.76. The maximum absolute atomic E-state index is 13.2. The van der Waals surface area contributed by atoms with Gasteiger partial charge in [-0.05, 0) is 42.6 Å². The molecule has 2 aliphatic heterocycles. The molecule has 0 saturated carbocycles. The van der Waals surface area contributed by atoms with Crippen LogP contribution >= 0.6 is 0 Å². The number of fused-ring (bicyclic) bond motifs is 1. The molecule has 4 rings (SSSR count). The molecule has 2 heterocycles. The average Bonchev–Trinajstić information content (AvgIpc) is 3.13. The first-order chi connectivity index (χ1) is 17.5. The molecule has 3 N–H and O–H groups in total. The largest absolute Gasteiger partial charge is 0.380 e. The fourth-order valence-corrected chi connectivity index (χ4v) is 4.72. The van der Waals surface area contributed by atoms with E-state index >= 15 is 0 Å². The first kappa shape index (κ1) is 25.6. The Balaban J connectivity index is 1.33. The molecule has 0 bridgehead atoms. The van der Waals surface area contributed by atoms with E-state index < -0.39 is 23.8 Å². The number of carbonyl (C=O) groups is 4. The maximum Gasteiger partial charge on any atom is 0.264 e. The number of imide groups is 2. The van der Waals surface area contributed by atoms with Crippen LogP contribution in [-0.4, -0.2) is 41.1 Å². The summed E-state index contributed by atoms with van der Waals surface area (Å²) < 4.78 is 0. The monoisotopic (exact) mass is 490 g/mol. The smallest absolute Gasteiger partial charge is 0.264 e. The normalized spacial score (nSPS) is 17.4. The summed E-state index contributed by atoms with van der Waals surface area (Å²) in [4.78, 5) is 51.0. The van der Waals surface area contributed by atoms with Crippen LogP contribution in [0.3, 0.4) is 0 Å². The van der Waals surface area contributed by atoms with Crippen LogP contribution in [0.25, 0.3) is 0 Å². The van der Waals surface area contributed by atoms with Gasteiger partial charge in [-0.15, -0.1) is 0 Å². The quantitative estimate of drug-likeness (QED) is 0.309. The van der Waals surface area contributed by atoms with Crippen LogP contribution in [0.15, 0.2) is 42.5 Å². The third kappa shape index (κ3) is 5.82. The molecular weight excluding hydrogens is 456 g/mol. The lowest BCUT2D eigenvalue weighted by Crippen LogP contribution is -2.54. The average molecular weight is 491 g/mol. The first-order valence-electron chi connectivity index (χ1n) is 12.9. The maximum atomic E-state index is 13.2. The molecule has 1 atom stereocenters. The van der Waals surface area contributed by atoms with Crippen molar-refractivity contribution < 1.29 is 19.2 Å². The second-order valence-electron chi connectivity index (χ2n) is 9.44. The minimum atomic E-state index is -0.972. The topological polar surface area (TPSA) is 108 Å². The van der Waals surface area contributed by atoms with Gasteiger partial charge in [0.1, 0.15) is 6.04 Å². The van der Waals surface area contributed by atoms with E-state index in [-0.39, 0.29) is 29.9 Å². The van der Waals surface area contributed by atoms with Crippen LogP contribution < -0.4 is 16.0 Å². The molecule has 4 amide bonds. The highest BCUT2D eigenvalue weighted by atomic mass is 16.2. The molecule has 36 heavy (non-hydrogen) atoms. The van der Waals surface area contributed by atoms with Crippen molar-refractivity contribution in [3.05, 3.63) is 64.7 Å². The van der Waals surface area contributed by atoms with Gasteiger partial charge < -0.3 is 10.6 Å². The number of amides is 4. The summed E-state index contributed by atoms with van der Waals surface area (Å²) in [5.41, 5.74) is 3.36. The zero-order chi connectivity index (χ0) is 25.5. The van der Waals surface area contributed by atoms with Crippen molar-refractivity contribution >= 4 is 29.3 Å². The Morgan fingerprint density at radius 1 is 0.889 bits per heavy atom. The van der Waals surface area contributed by atoms with Crippen molar-refractivity contribution in [2.75, 3.05) is 11.9 Å². The van der Waals surface area contributed by atoms with Crippen molar-refractivity contribution in [1.82, 2.24) is 15.5 Å². The first-order valence-corrected chi connectivity index (χ1v) is 12.9. The summed E-state index contributed by atoms with van der Waals surface area (Å²) >= 11 is 0. The molecule has 8 heteroatoms. The van der Waals surface area contributed by atoms with Gasteiger partial charge in [0.15, 0.2) is 0 Å². The van der Waals surface area contributed by atoms with E-state index in [2.05, 4.69) is 47.1 Å². The van der Waals surface area contributed by atoms with Crippen LogP contribution in [0.1, 0.15) is 83.7 Å². The van der Waals surface area contributed by atoms with Crippen LogP contribution in [0.2, 0.25) is 0 Å². The Morgan fingerprint density at radius 3 is 2.33 bits per heavy atom. The number of hydrogen-bond acceptors (Lipinski definition) is 6. The molecule has 1 unspecified atom stereocenters. The lowest BCUT2D eigenvalue weighted by atomic mass is 10.0. The van der Waals surface area contributed by atoms with Crippen LogP contribution in [0.4, 0.5) is 5.69 Å². The van der Waals surface area contributed by atoms with Crippen molar-refractivity contribution in [2.24, 2.45) is 0 Å². The summed E-state index contributed by atoms with van der Waals surface area (Å²) in [5.74, 6) is -2.01. The highest BCUT2D eigenvalue weighted by molar-refractivity contribution is 6.25. The number of nitrogens with one attached hydrogen (secondary N) is 3. The van der Waals surface area contributed by atoms with Crippen molar-refractivity contribution in [3.63, 3.8) is 0 Å².